The minimum absolute atomic E-state index is 0.292. The van der Waals surface area contributed by atoms with E-state index in [1.165, 1.54) is 18.2 Å². The third kappa shape index (κ3) is 3.25. The van der Waals surface area contributed by atoms with Gasteiger partial charge in [-0.05, 0) is 29.8 Å². The molecule has 0 amide bonds. The van der Waals surface area contributed by atoms with E-state index in [1.54, 1.807) is 12.1 Å². The molecule has 0 unspecified atom stereocenters. The van der Waals surface area contributed by atoms with Crippen molar-refractivity contribution >= 4 is 11.4 Å². The van der Waals surface area contributed by atoms with E-state index in [-0.39, 0.29) is 5.82 Å². The SMILES string of the molecule is O=[N+]([O-])c1cc(NCc2cccc(F)c2)ccc1F. The van der Waals surface area contributed by atoms with Crippen LogP contribution in [0.25, 0.3) is 0 Å². The highest BCUT2D eigenvalue weighted by Gasteiger charge is 2.13. The number of nitrogens with one attached hydrogen (secondary N) is 1. The fraction of sp³-hybridized carbons (Fsp3) is 0.0769. The molecule has 0 aromatic heterocycles. The van der Waals surface area contributed by atoms with Gasteiger partial charge in [0.15, 0.2) is 0 Å². The molecule has 0 saturated heterocycles. The van der Waals surface area contributed by atoms with Gasteiger partial charge >= 0.3 is 5.69 Å². The Morgan fingerprint density at radius 1 is 1.16 bits per heavy atom. The summed E-state index contributed by atoms with van der Waals surface area (Å²) in [4.78, 5) is 9.79. The van der Waals surface area contributed by atoms with Gasteiger partial charge in [-0.3, -0.25) is 10.1 Å². The maximum atomic E-state index is 13.1. The summed E-state index contributed by atoms with van der Waals surface area (Å²) < 4.78 is 26.1. The van der Waals surface area contributed by atoms with Crippen LogP contribution in [0.5, 0.6) is 0 Å². The number of hydrogen-bond donors (Lipinski definition) is 1. The molecular weight excluding hydrogens is 254 g/mol. The van der Waals surface area contributed by atoms with Crippen molar-refractivity contribution in [1.29, 1.82) is 0 Å². The van der Waals surface area contributed by atoms with E-state index in [0.717, 1.165) is 12.1 Å². The van der Waals surface area contributed by atoms with E-state index < -0.39 is 16.4 Å². The number of halogens is 2. The third-order valence-corrected chi connectivity index (χ3v) is 2.53. The van der Waals surface area contributed by atoms with Gasteiger partial charge in [0, 0.05) is 18.3 Å². The number of hydrogen-bond acceptors (Lipinski definition) is 3. The van der Waals surface area contributed by atoms with Crippen molar-refractivity contribution in [3.8, 4) is 0 Å². The second-order valence-corrected chi connectivity index (χ2v) is 3.91. The fourth-order valence-corrected chi connectivity index (χ4v) is 1.61. The summed E-state index contributed by atoms with van der Waals surface area (Å²) in [5.41, 5.74) is 0.494. The Morgan fingerprint density at radius 2 is 1.95 bits per heavy atom. The summed E-state index contributed by atoms with van der Waals surface area (Å²) in [5.74, 6) is -1.24. The maximum absolute atomic E-state index is 13.1. The van der Waals surface area contributed by atoms with Gasteiger partial charge in [-0.15, -0.1) is 0 Å². The van der Waals surface area contributed by atoms with Crippen molar-refractivity contribution in [2.24, 2.45) is 0 Å². The molecule has 2 rings (SSSR count). The predicted molar refractivity (Wildman–Crippen MR) is 66.8 cm³/mol. The Bertz CT molecular complexity index is 617. The summed E-state index contributed by atoms with van der Waals surface area (Å²) in [5, 5.41) is 13.5. The van der Waals surface area contributed by atoms with Crippen LogP contribution in [0, 0.1) is 21.7 Å². The van der Waals surface area contributed by atoms with Crippen LogP contribution in [0.1, 0.15) is 5.56 Å². The highest BCUT2D eigenvalue weighted by atomic mass is 19.1. The fourth-order valence-electron chi connectivity index (χ4n) is 1.61. The van der Waals surface area contributed by atoms with Gasteiger partial charge in [-0.2, -0.15) is 4.39 Å². The number of nitrogens with zero attached hydrogens (tertiary/aromatic N) is 1. The molecule has 6 heteroatoms. The molecule has 0 saturated carbocycles. The smallest absolute Gasteiger partial charge is 0.306 e. The quantitative estimate of drug-likeness (QED) is 0.679. The Morgan fingerprint density at radius 3 is 2.63 bits per heavy atom. The molecular formula is C13H10F2N2O2. The van der Waals surface area contributed by atoms with E-state index in [1.807, 2.05) is 0 Å². The first-order valence-electron chi connectivity index (χ1n) is 5.48. The van der Waals surface area contributed by atoms with Crippen molar-refractivity contribution in [3.63, 3.8) is 0 Å². The van der Waals surface area contributed by atoms with Crippen LogP contribution in [0.3, 0.4) is 0 Å². The van der Waals surface area contributed by atoms with Crippen LogP contribution in [-0.2, 0) is 6.54 Å². The number of nitro groups is 1. The zero-order chi connectivity index (χ0) is 13.8. The predicted octanol–water partition coefficient (Wildman–Crippen LogP) is 3.49. The summed E-state index contributed by atoms with van der Waals surface area (Å²) >= 11 is 0. The Kier molecular flexibility index (Phi) is 3.70. The molecule has 2 aromatic rings. The first-order chi connectivity index (χ1) is 9.06. The van der Waals surface area contributed by atoms with Crippen LogP contribution < -0.4 is 5.32 Å². The lowest BCUT2D eigenvalue weighted by molar-refractivity contribution is -0.387. The number of nitro benzene ring substituents is 1. The van der Waals surface area contributed by atoms with Gasteiger partial charge in [0.25, 0.3) is 0 Å². The molecule has 0 aliphatic carbocycles. The third-order valence-electron chi connectivity index (χ3n) is 2.53. The van der Waals surface area contributed by atoms with Crippen LogP contribution in [0.4, 0.5) is 20.2 Å². The molecule has 0 radical (unpaired) electrons. The maximum Gasteiger partial charge on any atom is 0.306 e. The summed E-state index contributed by atoms with van der Waals surface area (Å²) in [6.07, 6.45) is 0. The molecule has 0 heterocycles. The molecule has 1 N–H and O–H groups in total. The second kappa shape index (κ2) is 5.43. The van der Waals surface area contributed by atoms with Gasteiger partial charge in [0.1, 0.15) is 5.82 Å². The summed E-state index contributed by atoms with van der Waals surface area (Å²) in [6, 6.07) is 9.48. The molecule has 0 aliphatic rings. The van der Waals surface area contributed by atoms with Crippen molar-refractivity contribution < 1.29 is 13.7 Å². The van der Waals surface area contributed by atoms with Gasteiger partial charge in [0.2, 0.25) is 5.82 Å². The van der Waals surface area contributed by atoms with Crippen molar-refractivity contribution in [1.82, 2.24) is 0 Å². The topological polar surface area (TPSA) is 55.2 Å². The average Bonchev–Trinajstić information content (AvgIpc) is 2.37. The molecule has 98 valence electrons. The number of benzene rings is 2. The molecule has 19 heavy (non-hydrogen) atoms. The zero-order valence-corrected chi connectivity index (χ0v) is 9.77. The highest BCUT2D eigenvalue weighted by molar-refractivity contribution is 5.52. The zero-order valence-electron chi connectivity index (χ0n) is 9.77. The standard InChI is InChI=1S/C13H10F2N2O2/c14-10-3-1-2-9(6-10)8-16-11-4-5-12(15)13(7-11)17(18)19/h1-7,16H,8H2. The van der Waals surface area contributed by atoms with Gasteiger partial charge in [-0.25, -0.2) is 4.39 Å². The molecule has 0 atom stereocenters. The Hall–Kier alpha value is -2.50. The molecule has 0 fully saturated rings. The lowest BCUT2D eigenvalue weighted by Gasteiger charge is -2.06. The minimum atomic E-state index is -0.888. The van der Waals surface area contributed by atoms with Crippen LogP contribution >= 0.6 is 0 Å². The Balaban J connectivity index is 2.12. The first kappa shape index (κ1) is 12.9. The normalized spacial score (nSPS) is 10.2. The monoisotopic (exact) mass is 264 g/mol. The van der Waals surface area contributed by atoms with E-state index in [0.29, 0.717) is 17.8 Å². The molecule has 2 aromatic carbocycles. The second-order valence-electron chi connectivity index (χ2n) is 3.91. The van der Waals surface area contributed by atoms with Crippen molar-refractivity contribution in [3.05, 3.63) is 69.8 Å². The molecule has 4 nitrogen and oxygen atoms in total. The van der Waals surface area contributed by atoms with Gasteiger partial charge in [0.05, 0.1) is 4.92 Å². The summed E-state index contributed by atoms with van der Waals surface area (Å²) in [6.45, 7) is 0.292. The molecule has 0 spiro atoms. The lowest BCUT2D eigenvalue weighted by atomic mass is 10.2. The van der Waals surface area contributed by atoms with Crippen molar-refractivity contribution in [2.75, 3.05) is 5.32 Å². The van der Waals surface area contributed by atoms with Crippen LogP contribution in [0.2, 0.25) is 0 Å². The Labute approximate surface area is 107 Å². The van der Waals surface area contributed by atoms with Gasteiger partial charge < -0.3 is 5.32 Å². The molecule has 0 bridgehead atoms. The van der Waals surface area contributed by atoms with E-state index in [9.17, 15) is 18.9 Å². The van der Waals surface area contributed by atoms with E-state index >= 15 is 0 Å². The molecule has 0 aliphatic heterocycles. The minimum Gasteiger partial charge on any atom is -0.381 e. The van der Waals surface area contributed by atoms with Crippen molar-refractivity contribution in [2.45, 2.75) is 6.54 Å². The largest absolute Gasteiger partial charge is 0.381 e. The van der Waals surface area contributed by atoms with Crippen LogP contribution in [0.15, 0.2) is 42.5 Å². The number of rotatable bonds is 4. The van der Waals surface area contributed by atoms with Gasteiger partial charge in [-0.1, -0.05) is 12.1 Å². The van der Waals surface area contributed by atoms with E-state index in [2.05, 4.69) is 5.32 Å². The average molecular weight is 264 g/mol. The highest BCUT2D eigenvalue weighted by Crippen LogP contribution is 2.22. The lowest BCUT2D eigenvalue weighted by Crippen LogP contribution is -2.01. The van der Waals surface area contributed by atoms with E-state index in [4.69, 9.17) is 0 Å². The number of anilines is 1. The summed E-state index contributed by atoms with van der Waals surface area (Å²) in [7, 11) is 0. The first-order valence-corrected chi connectivity index (χ1v) is 5.48. The van der Waals surface area contributed by atoms with Crippen LogP contribution in [-0.4, -0.2) is 4.92 Å².